The predicted molar refractivity (Wildman–Crippen MR) is 77.0 cm³/mol. The van der Waals surface area contributed by atoms with Gasteiger partial charge in [-0.05, 0) is 19.2 Å². The van der Waals surface area contributed by atoms with Crippen LogP contribution in [-0.4, -0.2) is 62.0 Å². The van der Waals surface area contributed by atoms with E-state index >= 15 is 0 Å². The monoisotopic (exact) mass is 298 g/mol. The first-order valence-electron chi connectivity index (χ1n) is 6.91. The van der Waals surface area contributed by atoms with Crippen molar-refractivity contribution in [3.63, 3.8) is 0 Å². The third-order valence-corrected chi connectivity index (χ3v) is 3.62. The van der Waals surface area contributed by atoms with E-state index in [9.17, 15) is 13.6 Å². The van der Waals surface area contributed by atoms with Crippen LogP contribution in [0.1, 0.15) is 10.4 Å². The first-order valence-corrected chi connectivity index (χ1v) is 6.91. The predicted octanol–water partition coefficient (Wildman–Crippen LogP) is 0.524. The van der Waals surface area contributed by atoms with Crippen LogP contribution in [-0.2, 0) is 0 Å². The number of likely N-dealkylation sites (N-methyl/N-ethyl adjacent to an activating group) is 1. The van der Waals surface area contributed by atoms with Gasteiger partial charge in [-0.3, -0.25) is 9.69 Å². The summed E-state index contributed by atoms with van der Waals surface area (Å²) in [5.74, 6) is -2.25. The summed E-state index contributed by atoms with van der Waals surface area (Å²) in [7, 11) is 2.07. The summed E-state index contributed by atoms with van der Waals surface area (Å²) < 4.78 is 26.9. The lowest BCUT2D eigenvalue weighted by atomic mass is 10.1. The molecule has 1 aromatic carbocycles. The Labute approximate surface area is 122 Å². The van der Waals surface area contributed by atoms with Crippen LogP contribution in [0, 0.1) is 11.6 Å². The van der Waals surface area contributed by atoms with E-state index in [4.69, 9.17) is 5.73 Å². The molecular formula is C14H20F2N4O. The van der Waals surface area contributed by atoms with Crippen LogP contribution in [0.3, 0.4) is 0 Å². The van der Waals surface area contributed by atoms with E-state index in [0.29, 0.717) is 13.1 Å². The Morgan fingerprint density at radius 3 is 2.62 bits per heavy atom. The van der Waals surface area contributed by atoms with Gasteiger partial charge in [-0.1, -0.05) is 0 Å². The highest BCUT2D eigenvalue weighted by molar-refractivity contribution is 5.95. The fraction of sp³-hybridized carbons (Fsp3) is 0.500. The first kappa shape index (κ1) is 15.7. The van der Waals surface area contributed by atoms with Crippen LogP contribution in [0.2, 0.25) is 0 Å². The molecule has 1 fully saturated rings. The molecule has 0 saturated carbocycles. The summed E-state index contributed by atoms with van der Waals surface area (Å²) in [6.45, 7) is 4.93. The summed E-state index contributed by atoms with van der Waals surface area (Å²) in [4.78, 5) is 16.3. The summed E-state index contributed by atoms with van der Waals surface area (Å²) in [6, 6.07) is 1.72. The molecule has 0 aromatic heterocycles. The molecule has 0 atom stereocenters. The van der Waals surface area contributed by atoms with Gasteiger partial charge in [0.15, 0.2) is 5.82 Å². The van der Waals surface area contributed by atoms with Gasteiger partial charge in [0.1, 0.15) is 5.82 Å². The van der Waals surface area contributed by atoms with Gasteiger partial charge in [0, 0.05) is 39.3 Å². The zero-order valence-electron chi connectivity index (χ0n) is 12.0. The van der Waals surface area contributed by atoms with Gasteiger partial charge in [0.05, 0.1) is 11.3 Å². The largest absolute Gasteiger partial charge is 0.396 e. The molecule has 0 aliphatic carbocycles. The number of nitrogens with zero attached hydrogens (tertiary/aromatic N) is 2. The maximum atomic E-state index is 13.7. The Morgan fingerprint density at radius 1 is 1.29 bits per heavy atom. The lowest BCUT2D eigenvalue weighted by molar-refractivity contribution is 0.0936. The summed E-state index contributed by atoms with van der Waals surface area (Å²) in [5, 5.41) is 2.60. The average molecular weight is 298 g/mol. The van der Waals surface area contributed by atoms with Crippen molar-refractivity contribution in [2.45, 2.75) is 0 Å². The second-order valence-corrected chi connectivity index (χ2v) is 5.26. The molecule has 1 saturated heterocycles. The van der Waals surface area contributed by atoms with E-state index in [0.717, 1.165) is 38.3 Å². The molecule has 1 amide bonds. The smallest absolute Gasteiger partial charge is 0.254 e. The second-order valence-electron chi connectivity index (χ2n) is 5.26. The zero-order chi connectivity index (χ0) is 15.4. The lowest BCUT2D eigenvalue weighted by Gasteiger charge is -2.32. The molecule has 1 aliphatic heterocycles. The third kappa shape index (κ3) is 4.12. The number of nitrogens with two attached hydrogens (primary N) is 1. The molecule has 0 spiro atoms. The molecular weight excluding hydrogens is 278 g/mol. The molecule has 7 heteroatoms. The average Bonchev–Trinajstić information content (AvgIpc) is 2.44. The minimum atomic E-state index is -0.881. The summed E-state index contributed by atoms with van der Waals surface area (Å²) in [5.41, 5.74) is 4.59. The number of halogens is 2. The van der Waals surface area contributed by atoms with Crippen molar-refractivity contribution >= 4 is 11.6 Å². The molecule has 5 nitrogen and oxygen atoms in total. The highest BCUT2D eigenvalue weighted by Gasteiger charge is 2.17. The van der Waals surface area contributed by atoms with Crippen molar-refractivity contribution in [3.05, 3.63) is 29.3 Å². The molecule has 1 aromatic rings. The maximum absolute atomic E-state index is 13.7. The molecule has 116 valence electrons. The molecule has 3 N–H and O–H groups in total. The molecule has 1 aliphatic rings. The van der Waals surface area contributed by atoms with E-state index < -0.39 is 17.5 Å². The van der Waals surface area contributed by atoms with E-state index in [1.54, 1.807) is 0 Å². The number of amides is 1. The van der Waals surface area contributed by atoms with Crippen LogP contribution >= 0.6 is 0 Å². The minimum absolute atomic E-state index is 0.356. The van der Waals surface area contributed by atoms with Crippen LogP contribution in [0.25, 0.3) is 0 Å². The first-order chi connectivity index (χ1) is 9.97. The van der Waals surface area contributed by atoms with Gasteiger partial charge in [-0.2, -0.15) is 0 Å². The number of piperazine rings is 1. The standard InChI is InChI=1S/C14H20F2N4O/c1-19-4-6-20(7-5-19)3-2-18-14(21)11-8-10(15)9-12(17)13(11)16/h8-9H,2-7,17H2,1H3,(H,18,21). The molecule has 21 heavy (non-hydrogen) atoms. The Kier molecular flexibility index (Phi) is 5.08. The van der Waals surface area contributed by atoms with Crippen molar-refractivity contribution in [3.8, 4) is 0 Å². The maximum Gasteiger partial charge on any atom is 0.254 e. The van der Waals surface area contributed by atoms with Crippen molar-refractivity contribution in [2.24, 2.45) is 0 Å². The van der Waals surface area contributed by atoms with Gasteiger partial charge < -0.3 is 16.0 Å². The number of nitrogen functional groups attached to an aromatic ring is 1. The molecule has 0 radical (unpaired) electrons. The van der Waals surface area contributed by atoms with Crippen molar-refractivity contribution < 1.29 is 13.6 Å². The van der Waals surface area contributed by atoms with E-state index in [1.807, 2.05) is 0 Å². The van der Waals surface area contributed by atoms with E-state index in [-0.39, 0.29) is 11.3 Å². The number of carbonyl (C=O) groups excluding carboxylic acids is 1. The lowest BCUT2D eigenvalue weighted by Crippen LogP contribution is -2.46. The van der Waals surface area contributed by atoms with Gasteiger partial charge in [0.2, 0.25) is 0 Å². The van der Waals surface area contributed by atoms with Crippen LogP contribution in [0.4, 0.5) is 14.5 Å². The van der Waals surface area contributed by atoms with Crippen molar-refractivity contribution in [1.29, 1.82) is 0 Å². The second kappa shape index (κ2) is 6.82. The number of benzene rings is 1. The SMILES string of the molecule is CN1CCN(CCNC(=O)c2cc(F)cc(N)c2F)CC1. The number of carbonyl (C=O) groups is 1. The Morgan fingerprint density at radius 2 is 1.95 bits per heavy atom. The number of nitrogens with one attached hydrogen (secondary N) is 1. The molecule has 0 unspecified atom stereocenters. The Balaban J connectivity index is 1.85. The number of anilines is 1. The number of rotatable bonds is 4. The fourth-order valence-corrected chi connectivity index (χ4v) is 2.27. The minimum Gasteiger partial charge on any atom is -0.396 e. The highest BCUT2D eigenvalue weighted by atomic mass is 19.1. The Bertz CT molecular complexity index is 516. The van der Waals surface area contributed by atoms with Crippen molar-refractivity contribution in [1.82, 2.24) is 15.1 Å². The fourth-order valence-electron chi connectivity index (χ4n) is 2.27. The van der Waals surface area contributed by atoms with Gasteiger partial charge >= 0.3 is 0 Å². The summed E-state index contributed by atoms with van der Waals surface area (Å²) in [6.07, 6.45) is 0. The van der Waals surface area contributed by atoms with Crippen LogP contribution in [0.15, 0.2) is 12.1 Å². The van der Waals surface area contributed by atoms with E-state index in [1.165, 1.54) is 0 Å². The third-order valence-electron chi connectivity index (χ3n) is 3.62. The normalized spacial score (nSPS) is 16.9. The zero-order valence-corrected chi connectivity index (χ0v) is 12.0. The highest BCUT2D eigenvalue weighted by Crippen LogP contribution is 2.17. The molecule has 2 rings (SSSR count). The Hall–Kier alpha value is -1.73. The van der Waals surface area contributed by atoms with Gasteiger partial charge in [0.25, 0.3) is 5.91 Å². The quantitative estimate of drug-likeness (QED) is 0.796. The topological polar surface area (TPSA) is 61.6 Å². The van der Waals surface area contributed by atoms with Crippen molar-refractivity contribution in [2.75, 3.05) is 52.0 Å². The molecule has 0 bridgehead atoms. The summed E-state index contributed by atoms with van der Waals surface area (Å²) >= 11 is 0. The van der Waals surface area contributed by atoms with Crippen LogP contribution < -0.4 is 11.1 Å². The number of hydrogen-bond donors (Lipinski definition) is 2. The van der Waals surface area contributed by atoms with Gasteiger partial charge in [-0.15, -0.1) is 0 Å². The van der Waals surface area contributed by atoms with E-state index in [2.05, 4.69) is 22.2 Å². The molecule has 1 heterocycles. The van der Waals surface area contributed by atoms with Crippen LogP contribution in [0.5, 0.6) is 0 Å². The number of hydrogen-bond acceptors (Lipinski definition) is 4. The van der Waals surface area contributed by atoms with Gasteiger partial charge in [-0.25, -0.2) is 8.78 Å².